The number of likely N-dealkylation sites (tertiary alicyclic amines) is 1. The predicted molar refractivity (Wildman–Crippen MR) is 121 cm³/mol. The fourth-order valence-corrected chi connectivity index (χ4v) is 4.04. The van der Waals surface area contributed by atoms with E-state index in [1.165, 1.54) is 7.11 Å². The Morgan fingerprint density at radius 2 is 1.97 bits per heavy atom. The number of anilines is 1. The third kappa shape index (κ3) is 5.44. The summed E-state index contributed by atoms with van der Waals surface area (Å²) in [5.41, 5.74) is 0.796. The van der Waals surface area contributed by atoms with Crippen LogP contribution in [0.5, 0.6) is 17.6 Å². The van der Waals surface area contributed by atoms with Crippen molar-refractivity contribution < 1.29 is 23.8 Å². The van der Waals surface area contributed by atoms with Gasteiger partial charge in [-0.2, -0.15) is 4.98 Å². The van der Waals surface area contributed by atoms with Crippen LogP contribution in [0, 0.1) is 0 Å². The molecule has 2 aliphatic heterocycles. The van der Waals surface area contributed by atoms with E-state index in [-0.39, 0.29) is 30.6 Å². The van der Waals surface area contributed by atoms with Crippen molar-refractivity contribution in [3.05, 3.63) is 36.5 Å². The molecule has 1 atom stereocenters. The van der Waals surface area contributed by atoms with Crippen LogP contribution in [0.15, 0.2) is 36.5 Å². The number of hydrogen-bond donors (Lipinski definition) is 0. The largest absolute Gasteiger partial charge is 0.494 e. The lowest BCUT2D eigenvalue weighted by Crippen LogP contribution is -2.48. The van der Waals surface area contributed by atoms with Gasteiger partial charge in [-0.15, -0.1) is 0 Å². The zero-order chi connectivity index (χ0) is 23.2. The topological polar surface area (TPSA) is 97.3 Å². The summed E-state index contributed by atoms with van der Waals surface area (Å²) in [6.07, 6.45) is 3.05. The Hall–Kier alpha value is -3.56. The first-order valence-corrected chi connectivity index (χ1v) is 11.2. The first-order valence-electron chi connectivity index (χ1n) is 11.2. The molecular weight excluding hydrogens is 426 g/mol. The van der Waals surface area contributed by atoms with E-state index in [1.54, 1.807) is 27.0 Å². The van der Waals surface area contributed by atoms with Gasteiger partial charge in [-0.3, -0.25) is 9.69 Å². The van der Waals surface area contributed by atoms with Gasteiger partial charge in [0.1, 0.15) is 18.4 Å². The van der Waals surface area contributed by atoms with Gasteiger partial charge in [-0.1, -0.05) is 0 Å². The van der Waals surface area contributed by atoms with Crippen LogP contribution in [0.25, 0.3) is 0 Å². The van der Waals surface area contributed by atoms with E-state index in [1.807, 2.05) is 31.2 Å². The van der Waals surface area contributed by atoms with Crippen molar-refractivity contribution in [2.75, 3.05) is 51.3 Å². The van der Waals surface area contributed by atoms with E-state index in [9.17, 15) is 9.59 Å². The van der Waals surface area contributed by atoms with Crippen LogP contribution >= 0.6 is 0 Å². The quantitative estimate of drug-likeness (QED) is 0.602. The summed E-state index contributed by atoms with van der Waals surface area (Å²) >= 11 is 0. The molecular formula is C23H29N5O5. The van der Waals surface area contributed by atoms with Crippen molar-refractivity contribution in [1.82, 2.24) is 19.8 Å². The number of nitrogens with zero attached hydrogens (tertiary/aromatic N) is 5. The molecule has 3 amide bonds. The van der Waals surface area contributed by atoms with E-state index in [2.05, 4.69) is 9.97 Å². The molecule has 1 unspecified atom stereocenters. The van der Waals surface area contributed by atoms with Gasteiger partial charge < -0.3 is 24.0 Å². The van der Waals surface area contributed by atoms with E-state index in [0.717, 1.165) is 24.3 Å². The van der Waals surface area contributed by atoms with Crippen molar-refractivity contribution in [1.29, 1.82) is 0 Å². The van der Waals surface area contributed by atoms with Crippen molar-refractivity contribution in [2.24, 2.45) is 0 Å². The van der Waals surface area contributed by atoms with Gasteiger partial charge in [0, 0.05) is 37.6 Å². The van der Waals surface area contributed by atoms with Crippen LogP contribution < -0.4 is 19.1 Å². The second kappa shape index (κ2) is 10.4. The van der Waals surface area contributed by atoms with Gasteiger partial charge in [0.2, 0.25) is 11.8 Å². The molecule has 0 bridgehead atoms. The average molecular weight is 456 g/mol. The fourth-order valence-electron chi connectivity index (χ4n) is 4.04. The molecule has 0 N–H and O–H groups in total. The molecule has 0 saturated carbocycles. The number of urea groups is 1. The highest BCUT2D eigenvalue weighted by atomic mass is 16.5. The van der Waals surface area contributed by atoms with Gasteiger partial charge in [0.25, 0.3) is 0 Å². The summed E-state index contributed by atoms with van der Waals surface area (Å²) in [7, 11) is 1.50. The van der Waals surface area contributed by atoms with Crippen LogP contribution in [0.3, 0.4) is 0 Å². The fraction of sp³-hybridized carbons (Fsp3) is 0.478. The van der Waals surface area contributed by atoms with Gasteiger partial charge in [-0.05, 0) is 44.0 Å². The third-order valence-corrected chi connectivity index (χ3v) is 5.69. The third-order valence-electron chi connectivity index (χ3n) is 5.69. The lowest BCUT2D eigenvalue weighted by atomic mass is 10.1. The molecule has 0 radical (unpaired) electrons. The normalized spacial score (nSPS) is 18.4. The monoisotopic (exact) mass is 455 g/mol. The second-order valence-electron chi connectivity index (χ2n) is 7.89. The number of carbonyl (C=O) groups excluding carboxylic acids is 2. The molecule has 3 heterocycles. The SMILES string of the molecule is CCOc1ccc(N2CCN(CC(=O)N3CCCC(Oc4ccnc(OC)n4)C3)C2=O)cc1. The number of piperidine rings is 1. The zero-order valence-corrected chi connectivity index (χ0v) is 19.0. The van der Waals surface area contributed by atoms with Crippen molar-refractivity contribution in [3.8, 4) is 17.6 Å². The lowest BCUT2D eigenvalue weighted by molar-refractivity contribution is -0.134. The molecule has 1 aromatic carbocycles. The highest BCUT2D eigenvalue weighted by molar-refractivity contribution is 5.96. The Balaban J connectivity index is 1.31. The summed E-state index contributed by atoms with van der Waals surface area (Å²) in [6.45, 7) is 4.73. The molecule has 10 heteroatoms. The number of amides is 3. The van der Waals surface area contributed by atoms with Crippen LogP contribution in [0.1, 0.15) is 19.8 Å². The number of methoxy groups -OCH3 is 1. The molecule has 176 valence electrons. The molecule has 1 aromatic heterocycles. The molecule has 4 rings (SSSR count). The van der Waals surface area contributed by atoms with Gasteiger partial charge in [0.05, 0.1) is 20.3 Å². The summed E-state index contributed by atoms with van der Waals surface area (Å²) in [5, 5.41) is 0. The van der Waals surface area contributed by atoms with Crippen LogP contribution in [-0.4, -0.2) is 84.3 Å². The lowest BCUT2D eigenvalue weighted by Gasteiger charge is -2.33. The molecule has 2 saturated heterocycles. The molecule has 2 aromatic rings. The summed E-state index contributed by atoms with van der Waals surface area (Å²) in [5.74, 6) is 1.11. The molecule has 33 heavy (non-hydrogen) atoms. The molecule has 2 aliphatic rings. The number of rotatable bonds is 8. The van der Waals surface area contributed by atoms with Gasteiger partial charge in [0.15, 0.2) is 0 Å². The minimum Gasteiger partial charge on any atom is -0.494 e. The maximum absolute atomic E-state index is 13.0. The van der Waals surface area contributed by atoms with Crippen molar-refractivity contribution in [2.45, 2.75) is 25.9 Å². The summed E-state index contributed by atoms with van der Waals surface area (Å²) in [4.78, 5) is 39.1. The van der Waals surface area contributed by atoms with E-state index < -0.39 is 0 Å². The maximum atomic E-state index is 13.0. The van der Waals surface area contributed by atoms with E-state index in [4.69, 9.17) is 14.2 Å². The van der Waals surface area contributed by atoms with Crippen LogP contribution in [0.4, 0.5) is 10.5 Å². The standard InChI is InChI=1S/C23H29N5O5/c1-3-32-18-8-6-17(7-9-18)28-14-13-27(23(28)30)16-21(29)26-12-4-5-19(15-26)33-20-10-11-24-22(25-20)31-2/h6-11,19H,3-5,12-16H2,1-2H3. The van der Waals surface area contributed by atoms with Gasteiger partial charge >= 0.3 is 12.0 Å². The Morgan fingerprint density at radius 1 is 1.15 bits per heavy atom. The highest BCUT2D eigenvalue weighted by Gasteiger charge is 2.33. The van der Waals surface area contributed by atoms with E-state index in [0.29, 0.717) is 38.7 Å². The number of benzene rings is 1. The van der Waals surface area contributed by atoms with Crippen molar-refractivity contribution >= 4 is 17.6 Å². The maximum Gasteiger partial charge on any atom is 0.325 e. The molecule has 2 fully saturated rings. The zero-order valence-electron chi connectivity index (χ0n) is 19.0. The highest BCUT2D eigenvalue weighted by Crippen LogP contribution is 2.24. The predicted octanol–water partition coefficient (Wildman–Crippen LogP) is 2.20. The van der Waals surface area contributed by atoms with Crippen LogP contribution in [-0.2, 0) is 4.79 Å². The van der Waals surface area contributed by atoms with Crippen LogP contribution in [0.2, 0.25) is 0 Å². The average Bonchev–Trinajstić information content (AvgIpc) is 3.20. The Kier molecular flexibility index (Phi) is 7.11. The first kappa shape index (κ1) is 22.6. The Bertz CT molecular complexity index is 970. The minimum atomic E-state index is -0.170. The summed E-state index contributed by atoms with van der Waals surface area (Å²) in [6, 6.07) is 9.17. The molecule has 10 nitrogen and oxygen atoms in total. The Labute approximate surface area is 193 Å². The number of ether oxygens (including phenoxy) is 3. The number of carbonyl (C=O) groups is 2. The Morgan fingerprint density at radius 3 is 2.73 bits per heavy atom. The number of hydrogen-bond acceptors (Lipinski definition) is 7. The van der Waals surface area contributed by atoms with E-state index >= 15 is 0 Å². The molecule has 0 aliphatic carbocycles. The second-order valence-corrected chi connectivity index (χ2v) is 7.89. The molecule has 0 spiro atoms. The minimum absolute atomic E-state index is 0.0560. The first-order chi connectivity index (χ1) is 16.1. The van der Waals surface area contributed by atoms with Crippen molar-refractivity contribution in [3.63, 3.8) is 0 Å². The smallest absolute Gasteiger partial charge is 0.325 e. The summed E-state index contributed by atoms with van der Waals surface area (Å²) < 4.78 is 16.4. The van der Waals surface area contributed by atoms with Gasteiger partial charge in [-0.25, -0.2) is 9.78 Å². The number of aromatic nitrogens is 2.